The van der Waals surface area contributed by atoms with Crippen molar-refractivity contribution in [2.24, 2.45) is 0 Å². The van der Waals surface area contributed by atoms with Gasteiger partial charge in [-0.05, 0) is 29.3 Å². The van der Waals surface area contributed by atoms with E-state index in [2.05, 4.69) is 5.32 Å². The maximum atomic E-state index is 13.1. The lowest BCUT2D eigenvalue weighted by Crippen LogP contribution is -2.55. The highest BCUT2D eigenvalue weighted by atomic mass is 35.5. The summed E-state index contributed by atoms with van der Waals surface area (Å²) in [5.74, 6) is -0.824. The van der Waals surface area contributed by atoms with Crippen molar-refractivity contribution in [2.75, 3.05) is 11.5 Å². The molecule has 0 heterocycles. The number of sulfone groups is 2. The highest BCUT2D eigenvalue weighted by Crippen LogP contribution is 2.43. The van der Waals surface area contributed by atoms with Gasteiger partial charge in [0.25, 0.3) is 0 Å². The zero-order valence-corrected chi connectivity index (χ0v) is 21.9. The number of hydrogen-bond acceptors (Lipinski definition) is 5. The van der Waals surface area contributed by atoms with E-state index in [0.717, 1.165) is 5.56 Å². The van der Waals surface area contributed by atoms with Crippen LogP contribution in [0.2, 0.25) is 0 Å². The summed E-state index contributed by atoms with van der Waals surface area (Å²) in [7, 11) is -7.22. The van der Waals surface area contributed by atoms with Gasteiger partial charge < -0.3 is 5.32 Å². The van der Waals surface area contributed by atoms with E-state index in [4.69, 9.17) is 23.2 Å². The van der Waals surface area contributed by atoms with Gasteiger partial charge in [-0.3, -0.25) is 4.79 Å². The summed E-state index contributed by atoms with van der Waals surface area (Å²) in [6, 6.07) is 15.0. The van der Waals surface area contributed by atoms with Crippen molar-refractivity contribution in [1.29, 1.82) is 0 Å². The van der Waals surface area contributed by atoms with E-state index in [1.807, 2.05) is 30.3 Å². The van der Waals surface area contributed by atoms with Crippen molar-refractivity contribution in [2.45, 2.75) is 36.5 Å². The van der Waals surface area contributed by atoms with E-state index < -0.39 is 30.5 Å². The fourth-order valence-corrected chi connectivity index (χ4v) is 7.09. The molecule has 3 rings (SSSR count). The highest BCUT2D eigenvalue weighted by Gasteiger charge is 2.46. The molecule has 1 atom stereocenters. The van der Waals surface area contributed by atoms with E-state index >= 15 is 0 Å². The quantitative estimate of drug-likeness (QED) is 0.532. The van der Waals surface area contributed by atoms with Gasteiger partial charge in [0.15, 0.2) is 24.5 Å². The van der Waals surface area contributed by atoms with E-state index in [9.17, 15) is 21.6 Å². The number of hydrogen-bond donors (Lipinski definition) is 1. The third kappa shape index (κ3) is 5.40. The monoisotopic (exact) mass is 541 g/mol. The molecule has 0 saturated carbocycles. The Labute approximate surface area is 210 Å². The summed E-state index contributed by atoms with van der Waals surface area (Å²) < 4.78 is 50.2. The van der Waals surface area contributed by atoms with Crippen molar-refractivity contribution in [1.82, 2.24) is 5.32 Å². The Morgan fingerprint density at radius 2 is 1.56 bits per heavy atom. The highest BCUT2D eigenvalue weighted by molar-refractivity contribution is 7.93. The largest absolute Gasteiger partial charge is 0.333 e. The van der Waals surface area contributed by atoms with Crippen molar-refractivity contribution in [3.8, 4) is 0 Å². The van der Waals surface area contributed by atoms with Crippen molar-refractivity contribution >= 4 is 54.4 Å². The summed E-state index contributed by atoms with van der Waals surface area (Å²) in [5, 5.41) is 3.00. The molecule has 0 bridgehead atoms. The zero-order chi connectivity index (χ0) is 25.1. The predicted molar refractivity (Wildman–Crippen MR) is 136 cm³/mol. The molecule has 0 aliphatic heterocycles. The molecule has 10 heteroatoms. The second kappa shape index (κ2) is 10.2. The van der Waals surface area contributed by atoms with E-state index in [0.29, 0.717) is 11.1 Å². The van der Waals surface area contributed by atoms with Crippen LogP contribution in [0.1, 0.15) is 31.4 Å². The lowest BCUT2D eigenvalue weighted by Gasteiger charge is -2.35. The van der Waals surface area contributed by atoms with Gasteiger partial charge in [0.2, 0.25) is 5.91 Å². The number of nitrogens with one attached hydrogen (secondary N) is 1. The first-order chi connectivity index (χ1) is 15.9. The Bertz CT molecular complexity index is 1350. The van der Waals surface area contributed by atoms with Crippen LogP contribution in [0.5, 0.6) is 0 Å². The number of benzene rings is 2. The SMILES string of the molecule is CCS(=O)(=O)c1ccc(CC(=O)NC2(S(=O)(=O)CC)C=C(Cl)C(c3ccccc3)=C(Cl)C2)cc1. The Kier molecular flexibility index (Phi) is 7.97. The minimum absolute atomic E-state index is 0.0312. The van der Waals surface area contributed by atoms with Crippen molar-refractivity contribution in [3.63, 3.8) is 0 Å². The third-order valence-corrected chi connectivity index (χ3v) is 10.3. The van der Waals surface area contributed by atoms with Gasteiger partial charge in [0.1, 0.15) is 0 Å². The third-order valence-electron chi connectivity index (χ3n) is 5.66. The van der Waals surface area contributed by atoms with Gasteiger partial charge in [-0.1, -0.05) is 79.5 Å². The van der Waals surface area contributed by atoms with Crippen molar-refractivity contribution in [3.05, 3.63) is 81.9 Å². The molecule has 34 heavy (non-hydrogen) atoms. The Morgan fingerprint density at radius 1 is 0.941 bits per heavy atom. The maximum Gasteiger partial charge on any atom is 0.225 e. The van der Waals surface area contributed by atoms with Crippen LogP contribution in [-0.2, 0) is 30.9 Å². The average Bonchev–Trinajstić information content (AvgIpc) is 2.79. The molecule has 0 radical (unpaired) electrons. The number of carbonyl (C=O) groups is 1. The zero-order valence-electron chi connectivity index (χ0n) is 18.7. The van der Waals surface area contributed by atoms with Gasteiger partial charge in [-0.15, -0.1) is 0 Å². The molecule has 2 aromatic rings. The first-order valence-electron chi connectivity index (χ1n) is 10.6. The topological polar surface area (TPSA) is 97.4 Å². The number of rotatable bonds is 8. The molecule has 0 saturated heterocycles. The van der Waals surface area contributed by atoms with Gasteiger partial charge in [0, 0.05) is 22.1 Å². The molecule has 0 spiro atoms. The van der Waals surface area contributed by atoms with Gasteiger partial charge in [0.05, 0.1) is 22.8 Å². The van der Waals surface area contributed by atoms with Crippen LogP contribution in [0.25, 0.3) is 5.57 Å². The van der Waals surface area contributed by atoms with E-state index in [1.54, 1.807) is 6.92 Å². The average molecular weight is 543 g/mol. The lowest BCUT2D eigenvalue weighted by atomic mass is 9.95. The summed E-state index contributed by atoms with van der Waals surface area (Å²) in [6.07, 6.45) is 1.03. The summed E-state index contributed by atoms with van der Waals surface area (Å²) in [6.45, 7) is 3.04. The molecule has 1 aliphatic carbocycles. The number of halogens is 2. The molecule has 182 valence electrons. The van der Waals surface area contributed by atoms with Crippen molar-refractivity contribution < 1.29 is 21.6 Å². The molecule has 2 aromatic carbocycles. The van der Waals surface area contributed by atoms with Gasteiger partial charge in [-0.2, -0.15) is 0 Å². The molecular formula is C24H25Cl2NO5S2. The standard InChI is InChI=1S/C24H25Cl2NO5S2/c1-3-33(29,30)19-12-10-17(11-13-19)14-22(28)27-24(34(31,32)4-2)15-20(25)23(21(26)16-24)18-8-6-5-7-9-18/h5-13,15H,3-4,14,16H2,1-2H3,(H,27,28). The van der Waals surface area contributed by atoms with Crippen LogP contribution in [0.15, 0.2) is 75.6 Å². The van der Waals surface area contributed by atoms with E-state index in [-0.39, 0.29) is 39.3 Å². The number of allylic oxidation sites excluding steroid dienone is 2. The van der Waals surface area contributed by atoms with Gasteiger partial charge in [-0.25, -0.2) is 16.8 Å². The van der Waals surface area contributed by atoms with Crippen LogP contribution < -0.4 is 5.32 Å². The van der Waals surface area contributed by atoms with Crippen LogP contribution in [-0.4, -0.2) is 39.1 Å². The first-order valence-corrected chi connectivity index (χ1v) is 14.7. The second-order valence-corrected chi connectivity index (χ2v) is 13.6. The summed E-state index contributed by atoms with van der Waals surface area (Å²) in [4.78, 5) is 11.3. The van der Waals surface area contributed by atoms with Crippen LogP contribution in [0.4, 0.5) is 0 Å². The summed E-state index contributed by atoms with van der Waals surface area (Å²) in [5.41, 5.74) is 1.80. The maximum absolute atomic E-state index is 13.1. The normalized spacial score (nSPS) is 19.0. The molecule has 1 N–H and O–H groups in total. The molecular weight excluding hydrogens is 517 g/mol. The summed E-state index contributed by atoms with van der Waals surface area (Å²) >= 11 is 13.1. The van der Waals surface area contributed by atoms with E-state index in [1.165, 1.54) is 37.3 Å². The first kappa shape index (κ1) is 26.5. The lowest BCUT2D eigenvalue weighted by molar-refractivity contribution is -0.121. The second-order valence-electron chi connectivity index (χ2n) is 7.88. The minimum Gasteiger partial charge on any atom is -0.333 e. The van der Waals surface area contributed by atoms with Crippen LogP contribution in [0.3, 0.4) is 0 Å². The smallest absolute Gasteiger partial charge is 0.225 e. The Balaban J connectivity index is 1.90. The fraction of sp³-hybridized carbons (Fsp3) is 0.292. The molecule has 0 fully saturated rings. The number of carbonyl (C=O) groups excluding carboxylic acids is 1. The molecule has 1 unspecified atom stereocenters. The minimum atomic E-state index is -3.86. The molecule has 6 nitrogen and oxygen atoms in total. The predicted octanol–water partition coefficient (Wildman–Crippen LogP) is 4.45. The van der Waals surface area contributed by atoms with Crippen LogP contribution in [0, 0.1) is 0 Å². The Hall–Kier alpha value is -2.13. The van der Waals surface area contributed by atoms with Crippen LogP contribution >= 0.6 is 23.2 Å². The Morgan fingerprint density at radius 3 is 2.09 bits per heavy atom. The molecule has 1 aliphatic rings. The van der Waals surface area contributed by atoms with Gasteiger partial charge >= 0.3 is 0 Å². The fourth-order valence-electron chi connectivity index (χ4n) is 3.74. The molecule has 1 amide bonds. The molecule has 0 aromatic heterocycles. The number of amides is 1.